The lowest BCUT2D eigenvalue weighted by atomic mass is 9.80. The lowest BCUT2D eigenvalue weighted by molar-refractivity contribution is -0.120. The van der Waals surface area contributed by atoms with Crippen molar-refractivity contribution in [3.05, 3.63) is 29.8 Å². The summed E-state index contributed by atoms with van der Waals surface area (Å²) in [6.45, 7) is 7.32. The fourth-order valence-electron chi connectivity index (χ4n) is 2.91. The van der Waals surface area contributed by atoms with E-state index in [0.29, 0.717) is 12.3 Å². The second kappa shape index (κ2) is 6.97. The van der Waals surface area contributed by atoms with Crippen LogP contribution in [0.15, 0.2) is 24.3 Å². The monoisotopic (exact) mass is 289 g/mol. The molecule has 3 nitrogen and oxygen atoms in total. The minimum atomic E-state index is -0.0817. The molecular formula is C18H27NO2. The van der Waals surface area contributed by atoms with Gasteiger partial charge in [0.15, 0.2) is 0 Å². The van der Waals surface area contributed by atoms with E-state index in [2.05, 4.69) is 38.2 Å². The molecule has 0 radical (unpaired) electrons. The maximum Gasteiger partial charge on any atom is 0.220 e. The number of rotatable bonds is 7. The average molecular weight is 289 g/mol. The molecule has 1 N–H and O–H groups in total. The number of amides is 1. The average Bonchev–Trinajstić information content (AvgIpc) is 2.84. The highest BCUT2D eigenvalue weighted by molar-refractivity contribution is 5.79. The Morgan fingerprint density at radius 1 is 1.29 bits per heavy atom. The van der Waals surface area contributed by atoms with E-state index in [1.54, 1.807) is 0 Å². The summed E-state index contributed by atoms with van der Waals surface area (Å²) in [6.07, 6.45) is 4.71. The van der Waals surface area contributed by atoms with Gasteiger partial charge in [-0.1, -0.05) is 39.3 Å². The van der Waals surface area contributed by atoms with E-state index in [1.807, 2.05) is 12.1 Å². The second-order valence-corrected chi connectivity index (χ2v) is 6.38. The van der Waals surface area contributed by atoms with Crippen LogP contribution in [0.4, 0.5) is 0 Å². The number of carbonyl (C=O) groups excluding carboxylic acids is 1. The van der Waals surface area contributed by atoms with Gasteiger partial charge in [-0.15, -0.1) is 0 Å². The summed E-state index contributed by atoms with van der Waals surface area (Å²) in [4.78, 5) is 11.6. The summed E-state index contributed by atoms with van der Waals surface area (Å²) in [7, 11) is 0. The van der Waals surface area contributed by atoms with Crippen molar-refractivity contribution in [2.75, 3.05) is 6.61 Å². The lowest BCUT2D eigenvalue weighted by Crippen LogP contribution is -2.48. The molecule has 1 aromatic carbocycles. The molecule has 0 aliphatic carbocycles. The van der Waals surface area contributed by atoms with Gasteiger partial charge in [-0.05, 0) is 42.9 Å². The van der Waals surface area contributed by atoms with Crippen LogP contribution < -0.4 is 10.1 Å². The van der Waals surface area contributed by atoms with Crippen LogP contribution in [0, 0.1) is 5.92 Å². The van der Waals surface area contributed by atoms with E-state index in [-0.39, 0.29) is 11.4 Å². The van der Waals surface area contributed by atoms with E-state index in [1.165, 1.54) is 5.56 Å². The molecule has 1 amide bonds. The molecule has 0 saturated carbocycles. The van der Waals surface area contributed by atoms with Crippen molar-refractivity contribution < 1.29 is 9.53 Å². The van der Waals surface area contributed by atoms with Gasteiger partial charge in [-0.25, -0.2) is 0 Å². The first-order chi connectivity index (χ1) is 10.1. The zero-order chi connectivity index (χ0) is 15.3. The van der Waals surface area contributed by atoms with Gasteiger partial charge in [0.25, 0.3) is 0 Å². The Morgan fingerprint density at radius 3 is 2.52 bits per heavy atom. The summed E-state index contributed by atoms with van der Waals surface area (Å²) in [5, 5.41) is 3.20. The van der Waals surface area contributed by atoms with Gasteiger partial charge >= 0.3 is 0 Å². The smallest absolute Gasteiger partial charge is 0.220 e. The largest absolute Gasteiger partial charge is 0.494 e. The highest BCUT2D eigenvalue weighted by Gasteiger charge is 2.40. The predicted molar refractivity (Wildman–Crippen MR) is 85.5 cm³/mol. The second-order valence-electron chi connectivity index (χ2n) is 6.38. The third-order valence-corrected chi connectivity index (χ3v) is 4.50. The predicted octanol–water partition coefficient (Wildman–Crippen LogP) is 3.71. The molecule has 1 saturated heterocycles. The number of hydrogen-bond donors (Lipinski definition) is 1. The van der Waals surface area contributed by atoms with E-state index < -0.39 is 0 Å². The first kappa shape index (κ1) is 15.9. The molecule has 0 spiro atoms. The van der Waals surface area contributed by atoms with Gasteiger partial charge in [0.1, 0.15) is 5.75 Å². The molecule has 0 bridgehead atoms. The molecule has 1 unspecified atom stereocenters. The Kier molecular flexibility index (Phi) is 5.27. The number of benzene rings is 1. The minimum absolute atomic E-state index is 0.0817. The van der Waals surface area contributed by atoms with E-state index in [4.69, 9.17) is 4.74 Å². The van der Waals surface area contributed by atoms with Crippen LogP contribution in [-0.2, 0) is 11.2 Å². The Hall–Kier alpha value is -1.51. The highest BCUT2D eigenvalue weighted by Crippen LogP contribution is 2.32. The fourth-order valence-corrected chi connectivity index (χ4v) is 2.91. The lowest BCUT2D eigenvalue weighted by Gasteiger charge is -2.33. The molecule has 21 heavy (non-hydrogen) atoms. The van der Waals surface area contributed by atoms with Crippen molar-refractivity contribution >= 4 is 5.91 Å². The third kappa shape index (κ3) is 3.99. The number of carbonyl (C=O) groups is 1. The molecule has 1 heterocycles. The van der Waals surface area contributed by atoms with E-state index in [9.17, 15) is 4.79 Å². The maximum absolute atomic E-state index is 11.6. The first-order valence-corrected chi connectivity index (χ1v) is 8.08. The number of unbranched alkanes of at least 4 members (excludes halogenated alkanes) is 1. The van der Waals surface area contributed by atoms with Crippen molar-refractivity contribution in [2.24, 2.45) is 5.92 Å². The Morgan fingerprint density at radius 2 is 2.00 bits per heavy atom. The zero-order valence-corrected chi connectivity index (χ0v) is 13.4. The number of hydrogen-bond acceptors (Lipinski definition) is 2. The molecule has 1 aliphatic rings. The summed E-state index contributed by atoms with van der Waals surface area (Å²) >= 11 is 0. The van der Waals surface area contributed by atoms with Crippen LogP contribution in [0.25, 0.3) is 0 Å². The van der Waals surface area contributed by atoms with Crippen LogP contribution in [-0.4, -0.2) is 18.1 Å². The quantitative estimate of drug-likeness (QED) is 0.777. The maximum atomic E-state index is 11.6. The van der Waals surface area contributed by atoms with Gasteiger partial charge < -0.3 is 10.1 Å². The minimum Gasteiger partial charge on any atom is -0.494 e. The van der Waals surface area contributed by atoms with Crippen LogP contribution in [0.5, 0.6) is 5.75 Å². The fraction of sp³-hybridized carbons (Fsp3) is 0.611. The normalized spacial score (nSPS) is 21.6. The van der Waals surface area contributed by atoms with Crippen molar-refractivity contribution in [2.45, 2.75) is 58.4 Å². The number of ether oxygens (including phenoxy) is 1. The van der Waals surface area contributed by atoms with Gasteiger partial charge in [-0.3, -0.25) is 4.79 Å². The van der Waals surface area contributed by atoms with Crippen LogP contribution >= 0.6 is 0 Å². The Balaban J connectivity index is 2.00. The third-order valence-electron chi connectivity index (χ3n) is 4.50. The molecule has 1 fully saturated rings. The molecule has 2 rings (SSSR count). The zero-order valence-electron chi connectivity index (χ0n) is 13.4. The van der Waals surface area contributed by atoms with Crippen LogP contribution in [0.1, 0.15) is 52.0 Å². The molecule has 1 aromatic rings. The topological polar surface area (TPSA) is 38.3 Å². The summed E-state index contributed by atoms with van der Waals surface area (Å²) in [5.74, 6) is 1.55. The van der Waals surface area contributed by atoms with E-state index >= 15 is 0 Å². The number of nitrogens with one attached hydrogen (secondary N) is 1. The van der Waals surface area contributed by atoms with Crippen molar-refractivity contribution in [3.8, 4) is 5.75 Å². The van der Waals surface area contributed by atoms with Crippen molar-refractivity contribution in [1.29, 1.82) is 0 Å². The highest BCUT2D eigenvalue weighted by atomic mass is 16.5. The molecule has 1 atom stereocenters. The molecule has 1 aliphatic heterocycles. The van der Waals surface area contributed by atoms with Gasteiger partial charge in [-0.2, -0.15) is 0 Å². The van der Waals surface area contributed by atoms with Gasteiger partial charge in [0.05, 0.1) is 6.61 Å². The van der Waals surface area contributed by atoms with Crippen LogP contribution in [0.3, 0.4) is 0 Å². The summed E-state index contributed by atoms with van der Waals surface area (Å²) in [5.41, 5.74) is 1.18. The molecule has 3 heteroatoms. The van der Waals surface area contributed by atoms with E-state index in [0.717, 1.165) is 38.0 Å². The standard InChI is InChI=1S/C18H27NO2/c1-4-5-12-21-16-8-6-15(7-9-16)13-18(14(2)3)11-10-17(20)19-18/h6-9,14H,4-5,10-13H2,1-3H3,(H,19,20). The Bertz CT molecular complexity index is 467. The van der Waals surface area contributed by atoms with Gasteiger partial charge in [0.2, 0.25) is 5.91 Å². The van der Waals surface area contributed by atoms with Crippen molar-refractivity contribution in [3.63, 3.8) is 0 Å². The Labute approximate surface area is 128 Å². The molecule has 116 valence electrons. The molecular weight excluding hydrogens is 262 g/mol. The SMILES string of the molecule is CCCCOc1ccc(CC2(C(C)C)CCC(=O)N2)cc1. The summed E-state index contributed by atoms with van der Waals surface area (Å²) < 4.78 is 5.69. The first-order valence-electron chi connectivity index (χ1n) is 8.08. The van der Waals surface area contributed by atoms with Gasteiger partial charge in [0, 0.05) is 12.0 Å². The van der Waals surface area contributed by atoms with Crippen LogP contribution in [0.2, 0.25) is 0 Å². The van der Waals surface area contributed by atoms with Crippen molar-refractivity contribution in [1.82, 2.24) is 5.32 Å². The molecule has 0 aromatic heterocycles. The summed E-state index contributed by atoms with van der Waals surface area (Å²) in [6, 6.07) is 8.32.